The molecule has 1 saturated carbocycles. The summed E-state index contributed by atoms with van der Waals surface area (Å²) in [6.07, 6.45) is 28.3. The van der Waals surface area contributed by atoms with Gasteiger partial charge in [-0.25, -0.2) is 4.79 Å². The van der Waals surface area contributed by atoms with Crippen LogP contribution in [0.3, 0.4) is 0 Å². The van der Waals surface area contributed by atoms with Gasteiger partial charge in [0.15, 0.2) is 0 Å². The number of hydrogen-bond acceptors (Lipinski definition) is 3. The van der Waals surface area contributed by atoms with Crippen LogP contribution < -0.4 is 0 Å². The van der Waals surface area contributed by atoms with E-state index in [0.29, 0.717) is 24.2 Å². The van der Waals surface area contributed by atoms with Crippen LogP contribution in [0.2, 0.25) is 0 Å². The van der Waals surface area contributed by atoms with Crippen molar-refractivity contribution < 1.29 is 14.3 Å². The number of cyclic esters (lactones) is 1. The molecule has 1 fully saturated rings. The quantitative estimate of drug-likeness (QED) is 0.288. The molecule has 3 rings (SSSR count). The summed E-state index contributed by atoms with van der Waals surface area (Å²) in [5.41, 5.74) is 1.37. The van der Waals surface area contributed by atoms with Crippen LogP contribution >= 0.6 is 0 Å². The van der Waals surface area contributed by atoms with Crippen LogP contribution in [-0.4, -0.2) is 24.3 Å². The predicted octanol–water partition coefficient (Wildman–Crippen LogP) is 8.90. The molecule has 0 aromatic heterocycles. The summed E-state index contributed by atoms with van der Waals surface area (Å²) < 4.78 is 12.3. The van der Waals surface area contributed by atoms with Crippen molar-refractivity contribution in [1.82, 2.24) is 0 Å². The minimum absolute atomic E-state index is 0.0526. The van der Waals surface area contributed by atoms with Crippen LogP contribution in [0, 0.1) is 23.7 Å². The first-order valence-electron chi connectivity index (χ1n) is 15.0. The van der Waals surface area contributed by atoms with Gasteiger partial charge in [-0.3, -0.25) is 0 Å². The normalized spacial score (nSPS) is 36.7. The van der Waals surface area contributed by atoms with Crippen LogP contribution in [0.5, 0.6) is 0 Å². The van der Waals surface area contributed by atoms with Crippen molar-refractivity contribution in [2.75, 3.05) is 0 Å². The Morgan fingerprint density at radius 1 is 1.03 bits per heavy atom. The highest BCUT2D eigenvalue weighted by molar-refractivity contribution is 5.82. The number of carbonyl (C=O) groups excluding carboxylic acids is 1. The van der Waals surface area contributed by atoms with Gasteiger partial charge in [-0.15, -0.1) is 0 Å². The van der Waals surface area contributed by atoms with Gasteiger partial charge in [-0.1, -0.05) is 82.6 Å². The van der Waals surface area contributed by atoms with Crippen LogP contribution in [0.1, 0.15) is 111 Å². The molecule has 7 unspecified atom stereocenters. The zero-order valence-electron chi connectivity index (χ0n) is 23.3. The summed E-state index contributed by atoms with van der Waals surface area (Å²) in [5.74, 6) is 2.44. The molecule has 7 atom stereocenters. The van der Waals surface area contributed by atoms with Crippen molar-refractivity contribution in [2.45, 2.75) is 129 Å². The van der Waals surface area contributed by atoms with E-state index in [0.717, 1.165) is 57.3 Å². The number of hydrogen-bond donors (Lipinski definition) is 0. The Balaban J connectivity index is 1.67. The van der Waals surface area contributed by atoms with Crippen molar-refractivity contribution >= 4 is 5.97 Å². The number of allylic oxidation sites excluding steroid dienone is 2. The van der Waals surface area contributed by atoms with Crippen LogP contribution in [0.25, 0.3) is 0 Å². The number of ether oxygens (including phenoxy) is 2. The first-order chi connectivity index (χ1) is 17.4. The minimum Gasteiger partial charge on any atom is -0.459 e. The van der Waals surface area contributed by atoms with E-state index < -0.39 is 0 Å². The van der Waals surface area contributed by atoms with Gasteiger partial charge in [0.1, 0.15) is 6.10 Å². The second-order valence-corrected chi connectivity index (χ2v) is 11.9. The highest BCUT2D eigenvalue weighted by Crippen LogP contribution is 2.31. The standard InChI is InChI=1S/C33H52O3/c1-5-29-24-32(19-8-14-28-13-6-12-26(3)23-28)36-33(34)20-10-18-31-17-9-16-30(35-31)15-7-11-25(2)21-22-27(29)4/h8-10,14,17,20,26-32H,2,5-7,11-13,15-16,18-19,21-24H2,1,3-4H3/b14-8+,20-10-. The van der Waals surface area contributed by atoms with Gasteiger partial charge in [0, 0.05) is 12.5 Å². The lowest BCUT2D eigenvalue weighted by molar-refractivity contribution is -0.143. The number of rotatable bonds is 4. The number of fused-ring (bicyclic) bond motifs is 2. The molecule has 0 N–H and O–H groups in total. The highest BCUT2D eigenvalue weighted by atomic mass is 16.5. The summed E-state index contributed by atoms with van der Waals surface area (Å²) in [6, 6.07) is 0. The molecule has 3 nitrogen and oxygen atoms in total. The Morgan fingerprint density at radius 2 is 1.89 bits per heavy atom. The van der Waals surface area contributed by atoms with Crippen molar-refractivity contribution in [1.29, 1.82) is 0 Å². The third-order valence-corrected chi connectivity index (χ3v) is 8.71. The van der Waals surface area contributed by atoms with E-state index in [4.69, 9.17) is 9.47 Å². The van der Waals surface area contributed by atoms with E-state index in [1.807, 2.05) is 6.08 Å². The zero-order valence-corrected chi connectivity index (χ0v) is 23.3. The molecule has 0 radical (unpaired) electrons. The number of carbonyl (C=O) groups is 1. The third-order valence-electron chi connectivity index (χ3n) is 8.71. The lowest BCUT2D eigenvalue weighted by Crippen LogP contribution is -2.24. The second-order valence-electron chi connectivity index (χ2n) is 11.9. The maximum Gasteiger partial charge on any atom is 0.330 e. The summed E-state index contributed by atoms with van der Waals surface area (Å²) in [5, 5.41) is 0. The molecule has 202 valence electrons. The van der Waals surface area contributed by atoms with Crippen LogP contribution in [0.15, 0.2) is 48.6 Å². The fraction of sp³-hybridized carbons (Fsp3) is 0.727. The molecule has 0 amide bonds. The largest absolute Gasteiger partial charge is 0.459 e. The Kier molecular flexibility index (Phi) is 12.5. The minimum atomic E-state index is -0.215. The van der Waals surface area contributed by atoms with E-state index in [9.17, 15) is 4.79 Å². The molecule has 2 aliphatic heterocycles. The first kappa shape index (κ1) is 29.0. The second kappa shape index (κ2) is 15.6. The molecule has 0 spiro atoms. The lowest BCUT2D eigenvalue weighted by Gasteiger charge is -2.28. The smallest absolute Gasteiger partial charge is 0.330 e. The maximum atomic E-state index is 12.8. The summed E-state index contributed by atoms with van der Waals surface area (Å²) in [4.78, 5) is 12.8. The van der Waals surface area contributed by atoms with Gasteiger partial charge < -0.3 is 9.47 Å². The average molecular weight is 497 g/mol. The van der Waals surface area contributed by atoms with E-state index in [-0.39, 0.29) is 24.3 Å². The van der Waals surface area contributed by atoms with Gasteiger partial charge in [0.25, 0.3) is 0 Å². The molecule has 3 aliphatic rings. The lowest BCUT2D eigenvalue weighted by atomic mass is 9.81. The van der Waals surface area contributed by atoms with Crippen molar-refractivity contribution in [3.05, 3.63) is 48.6 Å². The van der Waals surface area contributed by atoms with E-state index in [1.165, 1.54) is 37.7 Å². The predicted molar refractivity (Wildman–Crippen MR) is 151 cm³/mol. The van der Waals surface area contributed by atoms with Gasteiger partial charge in [0.2, 0.25) is 0 Å². The number of esters is 1. The Labute approximate surface area is 221 Å². The van der Waals surface area contributed by atoms with Crippen LogP contribution in [0.4, 0.5) is 0 Å². The van der Waals surface area contributed by atoms with Gasteiger partial charge in [-0.2, -0.15) is 0 Å². The summed E-state index contributed by atoms with van der Waals surface area (Å²) in [6.45, 7) is 11.4. The summed E-state index contributed by atoms with van der Waals surface area (Å²) >= 11 is 0. The molecule has 2 heterocycles. The molecule has 0 saturated heterocycles. The van der Waals surface area contributed by atoms with Crippen molar-refractivity contribution in [3.8, 4) is 0 Å². The zero-order chi connectivity index (χ0) is 25.8. The summed E-state index contributed by atoms with van der Waals surface area (Å²) in [7, 11) is 0. The molecule has 0 aromatic carbocycles. The van der Waals surface area contributed by atoms with Crippen molar-refractivity contribution in [2.24, 2.45) is 23.7 Å². The SMILES string of the molecule is C=C1CCCC2CC=CC(C/C=C\C(=O)OC(C/C=C/C3CCCC(C)C3)CC(CC)C(C)CC1)O2. The van der Waals surface area contributed by atoms with E-state index in [2.05, 4.69) is 51.7 Å². The first-order valence-corrected chi connectivity index (χ1v) is 15.0. The van der Waals surface area contributed by atoms with E-state index >= 15 is 0 Å². The molecule has 36 heavy (non-hydrogen) atoms. The van der Waals surface area contributed by atoms with Crippen LogP contribution in [-0.2, 0) is 14.3 Å². The fourth-order valence-corrected chi connectivity index (χ4v) is 6.33. The molecule has 1 aliphatic carbocycles. The van der Waals surface area contributed by atoms with E-state index in [1.54, 1.807) is 6.08 Å². The van der Waals surface area contributed by atoms with Crippen molar-refractivity contribution in [3.63, 3.8) is 0 Å². The monoisotopic (exact) mass is 496 g/mol. The maximum absolute atomic E-state index is 12.8. The topological polar surface area (TPSA) is 35.5 Å². The average Bonchev–Trinajstić information content (AvgIpc) is 2.85. The van der Waals surface area contributed by atoms with Gasteiger partial charge in [0.05, 0.1) is 12.2 Å². The highest BCUT2D eigenvalue weighted by Gasteiger charge is 2.24. The third kappa shape index (κ3) is 10.4. The molecular formula is C33H52O3. The Morgan fingerprint density at radius 3 is 2.69 bits per heavy atom. The molecule has 0 aromatic rings. The van der Waals surface area contributed by atoms with Gasteiger partial charge >= 0.3 is 5.97 Å². The molecule has 3 heteroatoms. The molecular weight excluding hydrogens is 444 g/mol. The van der Waals surface area contributed by atoms with Gasteiger partial charge in [-0.05, 0) is 87.9 Å². The Bertz CT molecular complexity index is 763. The fourth-order valence-electron chi connectivity index (χ4n) is 6.33. The molecule has 2 bridgehead atoms. The Hall–Kier alpha value is -1.61.